The monoisotopic (exact) mass is 370 g/mol. The fourth-order valence-corrected chi connectivity index (χ4v) is 3.89. The molecule has 0 unspecified atom stereocenters. The van der Waals surface area contributed by atoms with Gasteiger partial charge in [-0.15, -0.1) is 0 Å². The van der Waals surface area contributed by atoms with Crippen LogP contribution in [0.25, 0.3) is 10.9 Å². The van der Waals surface area contributed by atoms with Crippen LogP contribution in [0.2, 0.25) is 0 Å². The van der Waals surface area contributed by atoms with Crippen LogP contribution < -0.4 is 15.8 Å². The van der Waals surface area contributed by atoms with Gasteiger partial charge in [0.1, 0.15) is 5.82 Å². The van der Waals surface area contributed by atoms with E-state index in [9.17, 15) is 0 Å². The molecular weight excluding hydrogens is 344 g/mol. The summed E-state index contributed by atoms with van der Waals surface area (Å²) in [4.78, 5) is 4.63. The number of nitrogens with one attached hydrogen (secondary N) is 2. The van der Waals surface area contributed by atoms with Crippen molar-refractivity contribution in [3.05, 3.63) is 55.1 Å². The fraction of sp³-hybridized carbons (Fsp3) is 0.368. The second kappa shape index (κ2) is 8.91. The zero-order valence-electron chi connectivity index (χ0n) is 15.1. The first-order valence-electron chi connectivity index (χ1n) is 8.85. The van der Waals surface area contributed by atoms with E-state index >= 15 is 0 Å². The van der Waals surface area contributed by atoms with E-state index in [1.54, 1.807) is 22.7 Å². The van der Waals surface area contributed by atoms with E-state index in [0.717, 1.165) is 36.6 Å². The highest BCUT2D eigenvalue weighted by Gasteiger charge is 2.20. The number of aromatic nitrogens is 2. The number of hydrogen-bond acceptors (Lipinski definition) is 6. The number of para-hydroxylation sites is 1. The summed E-state index contributed by atoms with van der Waals surface area (Å²) in [6, 6.07) is 9.02. The third kappa shape index (κ3) is 4.47. The van der Waals surface area contributed by atoms with Crippen LogP contribution in [0.5, 0.6) is 0 Å². The van der Waals surface area contributed by atoms with Crippen LogP contribution in [0.1, 0.15) is 25.7 Å². The van der Waals surface area contributed by atoms with Gasteiger partial charge in [0, 0.05) is 17.5 Å². The maximum Gasteiger partial charge on any atom is 0.157 e. The predicted octanol–water partition coefficient (Wildman–Crippen LogP) is 2.99. The standard InChI is InChI=1S/C19H26N6S/c1-14(22-16-7-9-17(10-8-16)24-26-2)23-19(11-12-20)25-18-6-4-3-5-15(18)13-21-25/h3-6,11-13,16-17,22,24H,1,7-10,20H2,2H3/b12-11-,23-19+/t16-,17-. The number of aliphatic imine (C=N–C) groups is 1. The van der Waals surface area contributed by atoms with Crippen LogP contribution in [-0.4, -0.2) is 34.0 Å². The Bertz CT molecular complexity index is 801. The van der Waals surface area contributed by atoms with Crippen molar-refractivity contribution in [1.82, 2.24) is 19.8 Å². The number of nitrogens with zero attached hydrogens (tertiary/aromatic N) is 3. The first-order valence-corrected chi connectivity index (χ1v) is 10.1. The van der Waals surface area contributed by atoms with Crippen LogP contribution in [0.3, 0.4) is 0 Å². The van der Waals surface area contributed by atoms with Gasteiger partial charge in [-0.2, -0.15) is 5.10 Å². The largest absolute Gasteiger partial charge is 0.404 e. The zero-order valence-corrected chi connectivity index (χ0v) is 15.9. The molecule has 0 saturated heterocycles. The number of nitrogens with two attached hydrogens (primary N) is 1. The number of benzene rings is 1. The Kier molecular flexibility index (Phi) is 6.35. The van der Waals surface area contributed by atoms with Crippen molar-refractivity contribution in [3.63, 3.8) is 0 Å². The second-order valence-electron chi connectivity index (χ2n) is 6.41. The molecule has 1 aromatic carbocycles. The Morgan fingerprint density at radius 2 is 2.04 bits per heavy atom. The number of fused-ring (bicyclic) bond motifs is 1. The lowest BCUT2D eigenvalue weighted by molar-refractivity contribution is 0.349. The lowest BCUT2D eigenvalue weighted by Crippen LogP contribution is -2.37. The summed E-state index contributed by atoms with van der Waals surface area (Å²) in [5.41, 5.74) is 6.61. The van der Waals surface area contributed by atoms with Crippen LogP contribution in [0.15, 0.2) is 60.1 Å². The molecule has 0 spiro atoms. The molecule has 6 nitrogen and oxygen atoms in total. The molecule has 0 atom stereocenters. The summed E-state index contributed by atoms with van der Waals surface area (Å²) in [6.45, 7) is 4.08. The first kappa shape index (κ1) is 18.5. The SMILES string of the molecule is C=C(/N=C(\C=C/N)n1ncc2ccccc21)N[C@H]1CC[C@H](NSC)CC1. The van der Waals surface area contributed by atoms with Crippen molar-refractivity contribution in [2.45, 2.75) is 37.8 Å². The summed E-state index contributed by atoms with van der Waals surface area (Å²) >= 11 is 1.70. The molecule has 0 amide bonds. The summed E-state index contributed by atoms with van der Waals surface area (Å²) in [5, 5.41) is 8.95. The van der Waals surface area contributed by atoms with Crippen molar-refractivity contribution >= 4 is 28.7 Å². The van der Waals surface area contributed by atoms with E-state index in [1.165, 1.54) is 6.20 Å². The molecular formula is C19H26N6S. The molecule has 1 aromatic heterocycles. The molecule has 0 bridgehead atoms. The van der Waals surface area contributed by atoms with E-state index in [-0.39, 0.29) is 0 Å². The highest BCUT2D eigenvalue weighted by Crippen LogP contribution is 2.21. The topological polar surface area (TPSA) is 80.3 Å². The van der Waals surface area contributed by atoms with Crippen LogP contribution in [0.4, 0.5) is 0 Å². The molecule has 1 heterocycles. The molecule has 0 radical (unpaired) electrons. The van der Waals surface area contributed by atoms with Gasteiger partial charge in [-0.3, -0.25) is 4.72 Å². The Labute approximate surface area is 158 Å². The van der Waals surface area contributed by atoms with Gasteiger partial charge in [-0.05, 0) is 50.3 Å². The normalized spacial score (nSPS) is 21.3. The van der Waals surface area contributed by atoms with E-state index in [2.05, 4.69) is 33.0 Å². The Hall–Kier alpha value is -2.25. The first-order chi connectivity index (χ1) is 12.7. The van der Waals surface area contributed by atoms with Gasteiger partial charge in [0.15, 0.2) is 5.84 Å². The van der Waals surface area contributed by atoms with Gasteiger partial charge in [-0.25, -0.2) is 9.67 Å². The van der Waals surface area contributed by atoms with Crippen LogP contribution >= 0.6 is 11.9 Å². The lowest BCUT2D eigenvalue weighted by Gasteiger charge is -2.29. The number of hydrogen-bond donors (Lipinski definition) is 3. The molecule has 3 rings (SSSR count). The molecule has 7 heteroatoms. The van der Waals surface area contributed by atoms with E-state index in [4.69, 9.17) is 5.73 Å². The molecule has 2 aromatic rings. The molecule has 138 valence electrons. The molecule has 1 aliphatic carbocycles. The number of rotatable bonds is 6. The molecule has 26 heavy (non-hydrogen) atoms. The maximum absolute atomic E-state index is 5.62. The van der Waals surface area contributed by atoms with E-state index < -0.39 is 0 Å². The quantitative estimate of drug-likeness (QED) is 0.414. The Morgan fingerprint density at radius 3 is 2.77 bits per heavy atom. The predicted molar refractivity (Wildman–Crippen MR) is 111 cm³/mol. The second-order valence-corrected chi connectivity index (χ2v) is 7.05. The van der Waals surface area contributed by atoms with E-state index in [1.807, 2.05) is 30.5 Å². The minimum Gasteiger partial charge on any atom is -0.404 e. The molecule has 1 aliphatic rings. The summed E-state index contributed by atoms with van der Waals surface area (Å²) in [6.07, 6.45) is 11.7. The van der Waals surface area contributed by atoms with Gasteiger partial charge in [0.25, 0.3) is 0 Å². The average Bonchev–Trinajstić information content (AvgIpc) is 3.07. The smallest absolute Gasteiger partial charge is 0.157 e. The van der Waals surface area contributed by atoms with Gasteiger partial charge in [0.05, 0.1) is 11.7 Å². The van der Waals surface area contributed by atoms with Crippen molar-refractivity contribution < 1.29 is 0 Å². The number of allylic oxidation sites excluding steroid dienone is 1. The zero-order chi connectivity index (χ0) is 18.4. The molecule has 1 fully saturated rings. The maximum atomic E-state index is 5.62. The highest BCUT2D eigenvalue weighted by atomic mass is 32.2. The van der Waals surface area contributed by atoms with Crippen LogP contribution in [-0.2, 0) is 0 Å². The Morgan fingerprint density at radius 1 is 1.31 bits per heavy atom. The molecule has 4 N–H and O–H groups in total. The van der Waals surface area contributed by atoms with E-state index in [0.29, 0.717) is 23.7 Å². The summed E-state index contributed by atoms with van der Waals surface area (Å²) in [7, 11) is 0. The third-order valence-corrected chi connectivity index (χ3v) is 5.14. The minimum absolute atomic E-state index is 0.406. The average molecular weight is 371 g/mol. The third-order valence-electron chi connectivity index (χ3n) is 4.57. The van der Waals surface area contributed by atoms with Gasteiger partial charge >= 0.3 is 0 Å². The van der Waals surface area contributed by atoms with Gasteiger partial charge in [-0.1, -0.05) is 36.7 Å². The van der Waals surface area contributed by atoms with Crippen molar-refractivity contribution in [3.8, 4) is 0 Å². The molecule has 0 aliphatic heterocycles. The van der Waals surface area contributed by atoms with Crippen molar-refractivity contribution in [2.75, 3.05) is 6.26 Å². The molecule has 1 saturated carbocycles. The highest BCUT2D eigenvalue weighted by molar-refractivity contribution is 7.96. The minimum atomic E-state index is 0.406. The fourth-order valence-electron chi connectivity index (χ4n) is 3.32. The Balaban J connectivity index is 1.70. The van der Waals surface area contributed by atoms with Crippen LogP contribution in [0, 0.1) is 0 Å². The summed E-state index contributed by atoms with van der Waals surface area (Å²) in [5.74, 6) is 1.28. The van der Waals surface area contributed by atoms with Gasteiger partial charge in [0.2, 0.25) is 0 Å². The lowest BCUT2D eigenvalue weighted by atomic mass is 9.92. The van der Waals surface area contributed by atoms with Crippen molar-refractivity contribution in [2.24, 2.45) is 10.7 Å². The van der Waals surface area contributed by atoms with Gasteiger partial charge < -0.3 is 11.1 Å². The van der Waals surface area contributed by atoms with Crippen molar-refractivity contribution in [1.29, 1.82) is 0 Å². The summed E-state index contributed by atoms with van der Waals surface area (Å²) < 4.78 is 5.23.